The number of nitrogens with one attached hydrogen (secondary N) is 1. The number of benzene rings is 2. The molecule has 6 nitrogen and oxygen atoms in total. The van der Waals surface area contributed by atoms with Crippen LogP contribution in [-0.4, -0.2) is 46.8 Å². The van der Waals surface area contributed by atoms with Crippen molar-refractivity contribution in [2.24, 2.45) is 0 Å². The number of piperidine rings is 1. The number of ether oxygens (including phenoxy) is 1. The van der Waals surface area contributed by atoms with Gasteiger partial charge < -0.3 is 15.0 Å². The lowest BCUT2D eigenvalue weighted by atomic mass is 9.91. The van der Waals surface area contributed by atoms with Crippen LogP contribution in [0.3, 0.4) is 0 Å². The number of rotatable bonds is 6. The molecule has 3 aliphatic rings. The molecule has 2 heterocycles. The third-order valence-corrected chi connectivity index (χ3v) is 7.40. The number of amides is 2. The predicted molar refractivity (Wildman–Crippen MR) is 131 cm³/mol. The van der Waals surface area contributed by atoms with Crippen molar-refractivity contribution in [1.29, 1.82) is 0 Å². The molecule has 2 aromatic carbocycles. The van der Waals surface area contributed by atoms with Gasteiger partial charge in [0.2, 0.25) is 5.91 Å². The Morgan fingerprint density at radius 2 is 1.88 bits per heavy atom. The Labute approximate surface area is 201 Å². The van der Waals surface area contributed by atoms with Crippen molar-refractivity contribution in [3.05, 3.63) is 77.5 Å². The topological polar surface area (TPSA) is 61.9 Å². The number of likely N-dealkylation sites (N-methyl/N-ethyl adjacent to an activating group) is 1. The Bertz CT molecular complexity index is 1080. The van der Waals surface area contributed by atoms with E-state index in [-0.39, 0.29) is 17.9 Å². The van der Waals surface area contributed by atoms with Crippen molar-refractivity contribution in [1.82, 2.24) is 15.1 Å². The molecule has 1 unspecified atom stereocenters. The van der Waals surface area contributed by atoms with Crippen molar-refractivity contribution < 1.29 is 14.3 Å². The molecule has 3 atom stereocenters. The standard InChI is InChI=1S/C28H33N3O3/c1-19-12-15-25(27(32)29-19)31-18-21-16-22(13-14-23(21)28(31)33)34-26-11-7-6-10-24(26)30(2)17-20-8-4-3-5-9-20/h3-5,8-9,13-14,16,24-26H,1,6-7,10-12,15,17-18H2,2H3,(H,29,32)/t24-,25?,26+/m1/s1. The molecule has 0 aromatic heterocycles. The smallest absolute Gasteiger partial charge is 0.255 e. The first kappa shape index (κ1) is 22.7. The molecule has 6 heteroatoms. The summed E-state index contributed by atoms with van der Waals surface area (Å²) >= 11 is 0. The molecule has 178 valence electrons. The second-order valence-corrected chi connectivity index (χ2v) is 9.81. The third kappa shape index (κ3) is 4.60. The summed E-state index contributed by atoms with van der Waals surface area (Å²) in [6.07, 6.45) is 5.96. The van der Waals surface area contributed by atoms with Crippen LogP contribution in [0.25, 0.3) is 0 Å². The van der Waals surface area contributed by atoms with E-state index >= 15 is 0 Å². The van der Waals surface area contributed by atoms with Crippen LogP contribution in [0, 0.1) is 0 Å². The summed E-state index contributed by atoms with van der Waals surface area (Å²) < 4.78 is 6.54. The summed E-state index contributed by atoms with van der Waals surface area (Å²) in [5.74, 6) is 0.590. The van der Waals surface area contributed by atoms with Crippen LogP contribution in [0.1, 0.15) is 60.0 Å². The average molecular weight is 460 g/mol. The first-order chi connectivity index (χ1) is 16.5. The lowest BCUT2D eigenvalue weighted by Crippen LogP contribution is -2.49. The molecule has 5 rings (SSSR count). The van der Waals surface area contributed by atoms with E-state index in [0.717, 1.165) is 36.4 Å². The quantitative estimate of drug-likeness (QED) is 0.701. The van der Waals surface area contributed by atoms with Gasteiger partial charge in [-0.15, -0.1) is 0 Å². The maximum atomic E-state index is 13.0. The highest BCUT2D eigenvalue weighted by molar-refractivity contribution is 6.01. The fourth-order valence-corrected chi connectivity index (χ4v) is 5.59. The molecule has 2 amide bonds. The van der Waals surface area contributed by atoms with Crippen molar-refractivity contribution in [3.63, 3.8) is 0 Å². The Morgan fingerprint density at radius 1 is 1.09 bits per heavy atom. The number of carbonyl (C=O) groups is 2. The molecule has 2 fully saturated rings. The van der Waals surface area contributed by atoms with Gasteiger partial charge in [-0.25, -0.2) is 0 Å². The minimum absolute atomic E-state index is 0.0765. The fraction of sp³-hybridized carbons (Fsp3) is 0.429. The normalized spacial score (nSPS) is 24.8. The Hall–Kier alpha value is -3.12. The van der Waals surface area contributed by atoms with E-state index in [0.29, 0.717) is 31.0 Å². The van der Waals surface area contributed by atoms with Crippen LogP contribution >= 0.6 is 0 Å². The van der Waals surface area contributed by atoms with Gasteiger partial charge in [-0.3, -0.25) is 14.5 Å². The minimum atomic E-state index is -0.441. The van der Waals surface area contributed by atoms with Gasteiger partial charge in [-0.1, -0.05) is 43.3 Å². The van der Waals surface area contributed by atoms with E-state index in [9.17, 15) is 9.59 Å². The highest BCUT2D eigenvalue weighted by Gasteiger charge is 2.38. The Kier molecular flexibility index (Phi) is 6.42. The van der Waals surface area contributed by atoms with E-state index in [1.165, 1.54) is 18.4 Å². The van der Waals surface area contributed by atoms with E-state index in [1.807, 2.05) is 24.3 Å². The van der Waals surface area contributed by atoms with Crippen LogP contribution < -0.4 is 10.1 Å². The van der Waals surface area contributed by atoms with Crippen molar-refractivity contribution in [2.45, 2.75) is 69.8 Å². The third-order valence-electron chi connectivity index (χ3n) is 7.40. The zero-order valence-electron chi connectivity index (χ0n) is 19.8. The van der Waals surface area contributed by atoms with E-state index in [2.05, 4.69) is 48.1 Å². The van der Waals surface area contributed by atoms with E-state index < -0.39 is 6.04 Å². The van der Waals surface area contributed by atoms with E-state index in [4.69, 9.17) is 4.74 Å². The summed E-state index contributed by atoms with van der Waals surface area (Å²) in [6.45, 7) is 5.18. The predicted octanol–water partition coefficient (Wildman–Crippen LogP) is 4.26. The van der Waals surface area contributed by atoms with Crippen LogP contribution in [0.2, 0.25) is 0 Å². The number of fused-ring (bicyclic) bond motifs is 1. The summed E-state index contributed by atoms with van der Waals surface area (Å²) in [6, 6.07) is 16.2. The largest absolute Gasteiger partial charge is 0.489 e. The second kappa shape index (κ2) is 9.63. The molecule has 1 saturated heterocycles. The molecule has 1 saturated carbocycles. The van der Waals surface area contributed by atoms with Gasteiger partial charge in [0.15, 0.2) is 0 Å². The van der Waals surface area contributed by atoms with Gasteiger partial charge in [-0.05, 0) is 68.5 Å². The second-order valence-electron chi connectivity index (χ2n) is 9.81. The Morgan fingerprint density at radius 3 is 2.68 bits per heavy atom. The van der Waals surface area contributed by atoms with Gasteiger partial charge in [-0.2, -0.15) is 0 Å². The number of nitrogens with zero attached hydrogens (tertiary/aromatic N) is 2. The van der Waals surface area contributed by atoms with Gasteiger partial charge >= 0.3 is 0 Å². The number of carbonyl (C=O) groups excluding carboxylic acids is 2. The highest BCUT2D eigenvalue weighted by atomic mass is 16.5. The molecular weight excluding hydrogens is 426 g/mol. The van der Waals surface area contributed by atoms with Crippen molar-refractivity contribution in [2.75, 3.05) is 7.05 Å². The van der Waals surface area contributed by atoms with Gasteiger partial charge in [0, 0.05) is 30.4 Å². The number of allylic oxidation sites excluding steroid dienone is 1. The van der Waals surface area contributed by atoms with Crippen molar-refractivity contribution in [3.8, 4) is 5.75 Å². The maximum absolute atomic E-state index is 13.0. The zero-order chi connectivity index (χ0) is 23.7. The van der Waals surface area contributed by atoms with Crippen molar-refractivity contribution >= 4 is 11.8 Å². The zero-order valence-corrected chi connectivity index (χ0v) is 19.8. The molecule has 0 radical (unpaired) electrons. The summed E-state index contributed by atoms with van der Waals surface area (Å²) in [4.78, 5) is 29.6. The van der Waals surface area contributed by atoms with Crippen LogP contribution in [0.4, 0.5) is 0 Å². The maximum Gasteiger partial charge on any atom is 0.255 e. The minimum Gasteiger partial charge on any atom is -0.489 e. The summed E-state index contributed by atoms with van der Waals surface area (Å²) in [5.41, 5.74) is 3.64. The summed E-state index contributed by atoms with van der Waals surface area (Å²) in [5, 5.41) is 2.80. The molecule has 2 aliphatic heterocycles. The highest BCUT2D eigenvalue weighted by Crippen LogP contribution is 2.33. The monoisotopic (exact) mass is 459 g/mol. The average Bonchev–Trinajstić information content (AvgIpc) is 3.15. The fourth-order valence-electron chi connectivity index (χ4n) is 5.59. The SMILES string of the molecule is C=C1CCC(N2Cc3cc(O[C@H]4CCCC[C@H]4N(C)Cc4ccccc4)ccc3C2=O)C(=O)N1. The molecule has 1 aliphatic carbocycles. The molecular formula is C28H33N3O3. The first-order valence-electron chi connectivity index (χ1n) is 12.3. The van der Waals surface area contributed by atoms with Crippen LogP contribution in [0.5, 0.6) is 5.75 Å². The van der Waals surface area contributed by atoms with Gasteiger partial charge in [0.05, 0.1) is 0 Å². The molecule has 34 heavy (non-hydrogen) atoms. The number of hydrogen-bond donors (Lipinski definition) is 1. The van der Waals surface area contributed by atoms with E-state index in [1.54, 1.807) is 4.90 Å². The van der Waals surface area contributed by atoms with Gasteiger partial charge in [0.1, 0.15) is 17.9 Å². The lowest BCUT2D eigenvalue weighted by molar-refractivity contribution is -0.126. The van der Waals surface area contributed by atoms with Gasteiger partial charge in [0.25, 0.3) is 5.91 Å². The van der Waals surface area contributed by atoms with Crippen LogP contribution in [0.15, 0.2) is 60.8 Å². The Balaban J connectivity index is 1.28. The molecule has 1 N–H and O–H groups in total. The number of hydrogen-bond acceptors (Lipinski definition) is 4. The molecule has 0 bridgehead atoms. The first-order valence-corrected chi connectivity index (χ1v) is 12.3. The summed E-state index contributed by atoms with van der Waals surface area (Å²) in [7, 11) is 2.18. The lowest BCUT2D eigenvalue weighted by Gasteiger charge is -2.38. The molecule has 0 spiro atoms. The molecule has 2 aromatic rings. The van der Waals surface area contributed by atoms with Crippen LogP contribution in [-0.2, 0) is 17.9 Å².